The van der Waals surface area contributed by atoms with Crippen molar-refractivity contribution in [3.8, 4) is 0 Å². The van der Waals surface area contributed by atoms with Crippen LogP contribution in [0.2, 0.25) is 0 Å². The number of rotatable bonds is 2. The van der Waals surface area contributed by atoms with E-state index in [4.69, 9.17) is 0 Å². The van der Waals surface area contributed by atoms with E-state index < -0.39 is 0 Å². The Bertz CT molecular complexity index is 307. The number of carbonyl (C=O) groups is 2. The molecular weight excluding hydrogens is 218 g/mol. The fraction of sp³-hybridized carbons (Fsp3) is 0.833. The van der Waals surface area contributed by atoms with Gasteiger partial charge in [-0.1, -0.05) is 0 Å². The van der Waals surface area contributed by atoms with Gasteiger partial charge in [-0.3, -0.25) is 4.79 Å². The van der Waals surface area contributed by atoms with E-state index in [1.54, 1.807) is 11.8 Å². The van der Waals surface area contributed by atoms with Gasteiger partial charge in [0, 0.05) is 39.1 Å². The minimum absolute atomic E-state index is 0.0661. The van der Waals surface area contributed by atoms with E-state index in [2.05, 4.69) is 5.32 Å². The third kappa shape index (κ3) is 3.11. The van der Waals surface area contributed by atoms with E-state index >= 15 is 0 Å². The molecule has 1 heterocycles. The van der Waals surface area contributed by atoms with Crippen LogP contribution in [-0.2, 0) is 4.79 Å². The standard InChI is InChI=1S/C12H21N3O2/c1-9(16)14(2)11-5-7-15(8-6-11)12(17)13-10-3-4-10/h10-11H,3-8H2,1-2H3,(H,13,17). The van der Waals surface area contributed by atoms with Gasteiger partial charge in [0.15, 0.2) is 0 Å². The lowest BCUT2D eigenvalue weighted by Crippen LogP contribution is -2.49. The molecule has 0 aromatic rings. The molecule has 0 radical (unpaired) electrons. The van der Waals surface area contributed by atoms with Crippen LogP contribution in [0.5, 0.6) is 0 Å². The molecule has 1 aliphatic carbocycles. The summed E-state index contributed by atoms with van der Waals surface area (Å²) in [7, 11) is 1.84. The summed E-state index contributed by atoms with van der Waals surface area (Å²) < 4.78 is 0. The van der Waals surface area contributed by atoms with Crippen molar-refractivity contribution in [2.24, 2.45) is 0 Å². The van der Waals surface area contributed by atoms with Crippen LogP contribution in [0, 0.1) is 0 Å². The smallest absolute Gasteiger partial charge is 0.317 e. The monoisotopic (exact) mass is 239 g/mol. The molecule has 1 saturated heterocycles. The SMILES string of the molecule is CC(=O)N(C)C1CCN(C(=O)NC2CC2)CC1. The van der Waals surface area contributed by atoms with Crippen LogP contribution < -0.4 is 5.32 Å². The van der Waals surface area contributed by atoms with E-state index in [9.17, 15) is 9.59 Å². The van der Waals surface area contributed by atoms with Crippen LogP contribution in [-0.4, -0.2) is 54.0 Å². The topological polar surface area (TPSA) is 52.7 Å². The van der Waals surface area contributed by atoms with E-state index in [0.29, 0.717) is 6.04 Å². The Kier molecular flexibility index (Phi) is 3.54. The summed E-state index contributed by atoms with van der Waals surface area (Å²) in [5, 5.41) is 3.00. The van der Waals surface area contributed by atoms with Crippen molar-refractivity contribution in [2.75, 3.05) is 20.1 Å². The number of hydrogen-bond donors (Lipinski definition) is 1. The van der Waals surface area contributed by atoms with Crippen molar-refractivity contribution in [1.29, 1.82) is 0 Å². The zero-order chi connectivity index (χ0) is 12.4. The molecule has 2 aliphatic rings. The van der Waals surface area contributed by atoms with Gasteiger partial charge in [-0.05, 0) is 25.7 Å². The van der Waals surface area contributed by atoms with Gasteiger partial charge in [-0.2, -0.15) is 0 Å². The van der Waals surface area contributed by atoms with Crippen molar-refractivity contribution in [1.82, 2.24) is 15.1 Å². The van der Waals surface area contributed by atoms with E-state index in [1.807, 2.05) is 11.9 Å². The molecule has 0 unspecified atom stereocenters. The molecule has 0 atom stereocenters. The molecule has 17 heavy (non-hydrogen) atoms. The number of nitrogens with zero attached hydrogens (tertiary/aromatic N) is 2. The van der Waals surface area contributed by atoms with Crippen LogP contribution in [0.3, 0.4) is 0 Å². The number of carbonyl (C=O) groups excluding carboxylic acids is 2. The van der Waals surface area contributed by atoms with Gasteiger partial charge < -0.3 is 15.1 Å². The predicted octanol–water partition coefficient (Wildman–Crippen LogP) is 0.801. The second-order valence-corrected chi connectivity index (χ2v) is 5.07. The molecule has 1 aliphatic heterocycles. The van der Waals surface area contributed by atoms with Crippen LogP contribution in [0.15, 0.2) is 0 Å². The van der Waals surface area contributed by atoms with Gasteiger partial charge in [0.05, 0.1) is 0 Å². The Morgan fingerprint density at radius 1 is 1.18 bits per heavy atom. The fourth-order valence-electron chi connectivity index (χ4n) is 2.21. The minimum atomic E-state index is 0.0661. The normalized spacial score (nSPS) is 21.2. The Balaban J connectivity index is 1.76. The minimum Gasteiger partial charge on any atom is -0.343 e. The molecular formula is C12H21N3O2. The molecule has 5 nitrogen and oxygen atoms in total. The number of piperidine rings is 1. The molecule has 2 fully saturated rings. The molecule has 0 spiro atoms. The molecule has 96 valence electrons. The maximum absolute atomic E-state index is 11.8. The van der Waals surface area contributed by atoms with Crippen molar-refractivity contribution in [2.45, 2.75) is 44.7 Å². The predicted molar refractivity (Wildman–Crippen MR) is 64.6 cm³/mol. The van der Waals surface area contributed by atoms with Crippen LogP contribution >= 0.6 is 0 Å². The maximum atomic E-state index is 11.8. The summed E-state index contributed by atoms with van der Waals surface area (Å²) in [6.45, 7) is 3.09. The summed E-state index contributed by atoms with van der Waals surface area (Å²) in [5.74, 6) is 0.103. The van der Waals surface area contributed by atoms with Gasteiger partial charge in [-0.25, -0.2) is 4.79 Å². The van der Waals surface area contributed by atoms with Gasteiger partial charge in [0.1, 0.15) is 0 Å². The lowest BCUT2D eigenvalue weighted by atomic mass is 10.0. The van der Waals surface area contributed by atoms with Gasteiger partial charge in [0.25, 0.3) is 0 Å². The summed E-state index contributed by atoms with van der Waals surface area (Å²) in [4.78, 5) is 26.7. The highest BCUT2D eigenvalue weighted by molar-refractivity contribution is 5.75. The van der Waals surface area contributed by atoms with Crippen LogP contribution in [0.25, 0.3) is 0 Å². The molecule has 3 amide bonds. The molecule has 1 saturated carbocycles. The Morgan fingerprint density at radius 2 is 1.76 bits per heavy atom. The number of nitrogens with one attached hydrogen (secondary N) is 1. The summed E-state index contributed by atoms with van der Waals surface area (Å²) in [6, 6.07) is 0.772. The average molecular weight is 239 g/mol. The first-order chi connectivity index (χ1) is 8.08. The second-order valence-electron chi connectivity index (χ2n) is 5.07. The highest BCUT2D eigenvalue weighted by Gasteiger charge is 2.29. The Labute approximate surface area is 102 Å². The first-order valence-corrected chi connectivity index (χ1v) is 6.36. The van der Waals surface area contributed by atoms with Crippen molar-refractivity contribution in [3.05, 3.63) is 0 Å². The average Bonchev–Trinajstić information content (AvgIpc) is 3.12. The van der Waals surface area contributed by atoms with Gasteiger partial charge in [0.2, 0.25) is 5.91 Å². The van der Waals surface area contributed by atoms with E-state index in [-0.39, 0.29) is 18.0 Å². The largest absolute Gasteiger partial charge is 0.343 e. The van der Waals surface area contributed by atoms with Crippen LogP contribution in [0.4, 0.5) is 4.79 Å². The highest BCUT2D eigenvalue weighted by atomic mass is 16.2. The van der Waals surface area contributed by atoms with Crippen LogP contribution in [0.1, 0.15) is 32.6 Å². The molecule has 2 rings (SSSR count). The van der Waals surface area contributed by atoms with Gasteiger partial charge in [-0.15, -0.1) is 0 Å². The van der Waals surface area contributed by atoms with Gasteiger partial charge >= 0.3 is 6.03 Å². The molecule has 0 aromatic heterocycles. The third-order valence-corrected chi connectivity index (χ3v) is 3.70. The van der Waals surface area contributed by atoms with Crippen molar-refractivity contribution < 1.29 is 9.59 Å². The number of urea groups is 1. The molecule has 5 heteroatoms. The zero-order valence-corrected chi connectivity index (χ0v) is 10.6. The third-order valence-electron chi connectivity index (χ3n) is 3.70. The Hall–Kier alpha value is -1.26. The summed E-state index contributed by atoms with van der Waals surface area (Å²) in [5.41, 5.74) is 0. The quantitative estimate of drug-likeness (QED) is 0.775. The van der Waals surface area contributed by atoms with E-state index in [0.717, 1.165) is 38.8 Å². The first-order valence-electron chi connectivity index (χ1n) is 6.36. The molecule has 0 bridgehead atoms. The Morgan fingerprint density at radius 3 is 2.24 bits per heavy atom. The highest BCUT2D eigenvalue weighted by Crippen LogP contribution is 2.20. The summed E-state index contributed by atoms with van der Waals surface area (Å²) in [6.07, 6.45) is 4.01. The lowest BCUT2D eigenvalue weighted by Gasteiger charge is -2.36. The number of likely N-dealkylation sites (tertiary alicyclic amines) is 1. The fourth-order valence-corrected chi connectivity index (χ4v) is 2.21. The van der Waals surface area contributed by atoms with E-state index in [1.165, 1.54) is 0 Å². The second kappa shape index (κ2) is 4.94. The van der Waals surface area contributed by atoms with Crippen molar-refractivity contribution in [3.63, 3.8) is 0 Å². The van der Waals surface area contributed by atoms with Crippen molar-refractivity contribution >= 4 is 11.9 Å². The zero-order valence-electron chi connectivity index (χ0n) is 10.6. The number of amides is 3. The maximum Gasteiger partial charge on any atom is 0.317 e. The first kappa shape index (κ1) is 12.2. The summed E-state index contributed by atoms with van der Waals surface area (Å²) >= 11 is 0. The molecule has 0 aromatic carbocycles. The number of hydrogen-bond acceptors (Lipinski definition) is 2. The molecule has 1 N–H and O–H groups in total. The lowest BCUT2D eigenvalue weighted by molar-refractivity contribution is -0.130.